The highest BCUT2D eigenvalue weighted by Crippen LogP contribution is 2.25. The number of benzene rings is 1. The number of hydrogen-bond donors (Lipinski definition) is 1. The molecule has 0 aliphatic rings. The van der Waals surface area contributed by atoms with Gasteiger partial charge in [0.15, 0.2) is 0 Å². The van der Waals surface area contributed by atoms with E-state index in [0.717, 1.165) is 4.47 Å². The summed E-state index contributed by atoms with van der Waals surface area (Å²) < 4.78 is 5.80. The van der Waals surface area contributed by atoms with Crippen LogP contribution in [0.25, 0.3) is 0 Å². The molecular formula is C12H13BrN2O2. The maximum atomic E-state index is 11.7. The van der Waals surface area contributed by atoms with Crippen molar-refractivity contribution in [2.75, 3.05) is 13.7 Å². The first-order chi connectivity index (χ1) is 8.08. The Labute approximate surface area is 109 Å². The Balaban J connectivity index is 2.70. The van der Waals surface area contributed by atoms with Crippen LogP contribution in [0.3, 0.4) is 0 Å². The van der Waals surface area contributed by atoms with Crippen molar-refractivity contribution in [3.05, 3.63) is 28.2 Å². The van der Waals surface area contributed by atoms with Gasteiger partial charge in [0.2, 0.25) is 0 Å². The lowest BCUT2D eigenvalue weighted by Crippen LogP contribution is -2.27. The number of nitrogens with zero attached hydrogens (tertiary/aromatic N) is 1. The molecule has 5 heteroatoms. The SMILES string of the molecule is COc1ccc(C(=O)NCC(C)C#N)cc1Br. The van der Waals surface area contributed by atoms with Crippen LogP contribution in [0, 0.1) is 17.2 Å². The molecule has 1 amide bonds. The Morgan fingerprint density at radius 1 is 1.65 bits per heavy atom. The maximum Gasteiger partial charge on any atom is 0.251 e. The first-order valence-corrected chi connectivity index (χ1v) is 5.89. The van der Waals surface area contributed by atoms with Crippen molar-refractivity contribution in [3.8, 4) is 11.8 Å². The van der Waals surface area contributed by atoms with E-state index in [-0.39, 0.29) is 11.8 Å². The summed E-state index contributed by atoms with van der Waals surface area (Å²) in [6.07, 6.45) is 0. The van der Waals surface area contributed by atoms with Crippen LogP contribution in [0.4, 0.5) is 0 Å². The van der Waals surface area contributed by atoms with Crippen molar-refractivity contribution in [1.82, 2.24) is 5.32 Å². The predicted molar refractivity (Wildman–Crippen MR) is 67.8 cm³/mol. The van der Waals surface area contributed by atoms with Gasteiger partial charge in [-0.15, -0.1) is 0 Å². The number of carbonyl (C=O) groups is 1. The van der Waals surface area contributed by atoms with E-state index >= 15 is 0 Å². The van der Waals surface area contributed by atoms with Gasteiger partial charge in [0.25, 0.3) is 5.91 Å². The molecule has 1 aromatic rings. The lowest BCUT2D eigenvalue weighted by atomic mass is 10.2. The van der Waals surface area contributed by atoms with Crippen molar-refractivity contribution in [2.45, 2.75) is 6.92 Å². The monoisotopic (exact) mass is 296 g/mol. The van der Waals surface area contributed by atoms with Crippen LogP contribution in [0.5, 0.6) is 5.75 Å². The molecule has 1 rings (SSSR count). The Morgan fingerprint density at radius 2 is 2.35 bits per heavy atom. The van der Waals surface area contributed by atoms with Gasteiger partial charge in [0.05, 0.1) is 23.6 Å². The summed E-state index contributed by atoms with van der Waals surface area (Å²) in [6, 6.07) is 7.13. The number of hydrogen-bond acceptors (Lipinski definition) is 3. The highest BCUT2D eigenvalue weighted by atomic mass is 79.9. The fourth-order valence-corrected chi connectivity index (χ4v) is 1.74. The minimum atomic E-state index is -0.199. The number of ether oxygens (including phenoxy) is 1. The molecule has 90 valence electrons. The zero-order valence-electron chi connectivity index (χ0n) is 9.66. The van der Waals surface area contributed by atoms with Gasteiger partial charge in [0, 0.05) is 12.1 Å². The van der Waals surface area contributed by atoms with Crippen molar-refractivity contribution in [2.24, 2.45) is 5.92 Å². The van der Waals surface area contributed by atoms with Crippen LogP contribution < -0.4 is 10.1 Å². The molecule has 4 nitrogen and oxygen atoms in total. The molecule has 0 aliphatic heterocycles. The molecule has 0 heterocycles. The number of nitrogens with one attached hydrogen (secondary N) is 1. The van der Waals surface area contributed by atoms with Crippen molar-refractivity contribution < 1.29 is 9.53 Å². The molecule has 0 bridgehead atoms. The minimum absolute atomic E-state index is 0.194. The van der Waals surface area contributed by atoms with E-state index in [2.05, 4.69) is 27.3 Å². The molecule has 0 aromatic heterocycles. The summed E-state index contributed by atoms with van der Waals surface area (Å²) in [6.45, 7) is 2.10. The van der Waals surface area contributed by atoms with Crippen LogP contribution in [-0.4, -0.2) is 19.6 Å². The molecule has 0 saturated heterocycles. The Morgan fingerprint density at radius 3 is 2.88 bits per heavy atom. The molecule has 0 fully saturated rings. The van der Waals surface area contributed by atoms with E-state index in [0.29, 0.717) is 17.9 Å². The second kappa shape index (κ2) is 6.26. The van der Waals surface area contributed by atoms with Gasteiger partial charge in [-0.1, -0.05) is 0 Å². The summed E-state index contributed by atoms with van der Waals surface area (Å²) in [5.41, 5.74) is 0.530. The van der Waals surface area contributed by atoms with E-state index in [4.69, 9.17) is 10.00 Å². The summed E-state index contributed by atoms with van der Waals surface area (Å²) in [5, 5.41) is 11.3. The van der Waals surface area contributed by atoms with Crippen LogP contribution in [-0.2, 0) is 0 Å². The fourth-order valence-electron chi connectivity index (χ4n) is 1.20. The second-order valence-electron chi connectivity index (χ2n) is 3.59. The van der Waals surface area contributed by atoms with Gasteiger partial charge < -0.3 is 10.1 Å². The van der Waals surface area contributed by atoms with Crippen molar-refractivity contribution in [1.29, 1.82) is 5.26 Å². The first-order valence-electron chi connectivity index (χ1n) is 5.09. The van der Waals surface area contributed by atoms with Gasteiger partial charge >= 0.3 is 0 Å². The van der Waals surface area contributed by atoms with Crippen molar-refractivity contribution >= 4 is 21.8 Å². The zero-order chi connectivity index (χ0) is 12.8. The van der Waals surface area contributed by atoms with Gasteiger partial charge in [-0.3, -0.25) is 4.79 Å². The van der Waals surface area contributed by atoms with Gasteiger partial charge in [-0.05, 0) is 41.1 Å². The molecule has 0 saturated carbocycles. The number of rotatable bonds is 4. The molecule has 17 heavy (non-hydrogen) atoms. The fraction of sp³-hybridized carbons (Fsp3) is 0.333. The highest BCUT2D eigenvalue weighted by molar-refractivity contribution is 9.10. The topological polar surface area (TPSA) is 62.1 Å². The summed E-state index contributed by atoms with van der Waals surface area (Å²) in [4.78, 5) is 11.7. The van der Waals surface area contributed by atoms with Gasteiger partial charge in [0.1, 0.15) is 5.75 Å². The smallest absolute Gasteiger partial charge is 0.251 e. The summed E-state index contributed by atoms with van der Waals surface area (Å²) in [5.74, 6) is 0.281. The average molecular weight is 297 g/mol. The Kier molecular flexibility index (Phi) is 4.98. The third-order valence-electron chi connectivity index (χ3n) is 2.20. The van der Waals surface area contributed by atoms with E-state index in [1.54, 1.807) is 32.2 Å². The Hall–Kier alpha value is -1.54. The lowest BCUT2D eigenvalue weighted by Gasteiger charge is -2.08. The summed E-state index contributed by atoms with van der Waals surface area (Å²) >= 11 is 3.31. The highest BCUT2D eigenvalue weighted by Gasteiger charge is 2.09. The quantitative estimate of drug-likeness (QED) is 0.928. The number of carbonyl (C=O) groups excluding carboxylic acids is 1. The van der Waals surface area contributed by atoms with Crippen LogP contribution in [0.2, 0.25) is 0 Å². The average Bonchev–Trinajstić information content (AvgIpc) is 2.35. The lowest BCUT2D eigenvalue weighted by molar-refractivity contribution is 0.0950. The van der Waals surface area contributed by atoms with E-state index < -0.39 is 0 Å². The third-order valence-corrected chi connectivity index (χ3v) is 2.82. The molecule has 1 unspecified atom stereocenters. The van der Waals surface area contributed by atoms with Gasteiger partial charge in [-0.2, -0.15) is 5.26 Å². The zero-order valence-corrected chi connectivity index (χ0v) is 11.2. The maximum absolute atomic E-state index is 11.7. The Bertz CT molecular complexity index is 454. The first kappa shape index (κ1) is 13.5. The number of halogens is 1. The minimum Gasteiger partial charge on any atom is -0.496 e. The third kappa shape index (κ3) is 3.75. The van der Waals surface area contributed by atoms with Crippen LogP contribution >= 0.6 is 15.9 Å². The number of nitriles is 1. The molecule has 0 aliphatic carbocycles. The van der Waals surface area contributed by atoms with Crippen LogP contribution in [0.15, 0.2) is 22.7 Å². The standard InChI is InChI=1S/C12H13BrN2O2/c1-8(6-14)7-15-12(16)9-3-4-11(17-2)10(13)5-9/h3-5,8H,7H2,1-2H3,(H,15,16). The normalized spacial score (nSPS) is 11.4. The predicted octanol–water partition coefficient (Wildman–Crippen LogP) is 2.35. The van der Waals surface area contributed by atoms with E-state index in [1.807, 2.05) is 0 Å². The second-order valence-corrected chi connectivity index (χ2v) is 4.44. The van der Waals surface area contributed by atoms with Crippen molar-refractivity contribution in [3.63, 3.8) is 0 Å². The van der Waals surface area contributed by atoms with E-state index in [9.17, 15) is 4.79 Å². The van der Waals surface area contributed by atoms with Crippen LogP contribution in [0.1, 0.15) is 17.3 Å². The molecule has 1 N–H and O–H groups in total. The molecule has 1 aromatic carbocycles. The van der Waals surface area contributed by atoms with Gasteiger partial charge in [-0.25, -0.2) is 0 Å². The number of amides is 1. The number of methoxy groups -OCH3 is 1. The molecule has 1 atom stereocenters. The summed E-state index contributed by atoms with van der Waals surface area (Å²) in [7, 11) is 1.56. The molecule has 0 spiro atoms. The largest absolute Gasteiger partial charge is 0.496 e. The molecule has 0 radical (unpaired) electrons. The van der Waals surface area contributed by atoms with E-state index in [1.165, 1.54) is 0 Å². The molecular weight excluding hydrogens is 284 g/mol.